The highest BCUT2D eigenvalue weighted by Gasteiger charge is 2.10. The van der Waals surface area contributed by atoms with Crippen LogP contribution in [-0.2, 0) is 6.42 Å². The first-order valence-corrected chi connectivity index (χ1v) is 6.19. The largest absolute Gasteiger partial charge is 0.497 e. The molecule has 1 aromatic heterocycles. The molecule has 3 nitrogen and oxygen atoms in total. The van der Waals surface area contributed by atoms with Crippen LogP contribution < -0.4 is 4.74 Å². The standard InChI is InChI=1S/C16H15NO2/c1-19-12-8-6-11(7-9-12)10-14-13-4-2-3-5-15(13)17-16(14)18/h2-9,17-18H,10H2,1H3. The van der Waals surface area contributed by atoms with Crippen molar-refractivity contribution in [1.82, 2.24) is 4.98 Å². The average molecular weight is 253 g/mol. The van der Waals surface area contributed by atoms with Crippen LogP contribution in [0.2, 0.25) is 0 Å². The van der Waals surface area contributed by atoms with Gasteiger partial charge in [0.25, 0.3) is 0 Å². The Balaban J connectivity index is 1.98. The summed E-state index contributed by atoms with van der Waals surface area (Å²) in [7, 11) is 1.65. The first-order valence-electron chi connectivity index (χ1n) is 6.19. The number of methoxy groups -OCH3 is 1. The normalized spacial score (nSPS) is 10.8. The second-order valence-corrected chi connectivity index (χ2v) is 4.52. The Kier molecular flexibility index (Phi) is 2.88. The zero-order valence-electron chi connectivity index (χ0n) is 10.7. The molecule has 0 bridgehead atoms. The van der Waals surface area contributed by atoms with Crippen LogP contribution in [0.5, 0.6) is 11.6 Å². The van der Waals surface area contributed by atoms with Crippen LogP contribution in [0.1, 0.15) is 11.1 Å². The van der Waals surface area contributed by atoms with Gasteiger partial charge in [0.2, 0.25) is 0 Å². The van der Waals surface area contributed by atoms with E-state index >= 15 is 0 Å². The summed E-state index contributed by atoms with van der Waals surface area (Å²) >= 11 is 0. The number of nitrogens with one attached hydrogen (secondary N) is 1. The minimum Gasteiger partial charge on any atom is -0.497 e. The Morgan fingerprint density at radius 1 is 1.05 bits per heavy atom. The summed E-state index contributed by atoms with van der Waals surface area (Å²) in [6.45, 7) is 0. The van der Waals surface area contributed by atoms with Crippen molar-refractivity contribution < 1.29 is 9.84 Å². The van der Waals surface area contributed by atoms with Crippen molar-refractivity contribution in [2.24, 2.45) is 0 Å². The topological polar surface area (TPSA) is 45.2 Å². The summed E-state index contributed by atoms with van der Waals surface area (Å²) in [6, 6.07) is 15.8. The summed E-state index contributed by atoms with van der Waals surface area (Å²) in [5, 5.41) is 11.1. The van der Waals surface area contributed by atoms with Crippen LogP contribution in [0, 0.1) is 0 Å². The van der Waals surface area contributed by atoms with E-state index in [0.29, 0.717) is 6.42 Å². The van der Waals surface area contributed by atoms with E-state index in [4.69, 9.17) is 4.74 Å². The number of hydrogen-bond acceptors (Lipinski definition) is 2. The molecule has 0 spiro atoms. The predicted molar refractivity (Wildman–Crippen MR) is 75.8 cm³/mol. The van der Waals surface area contributed by atoms with Crippen molar-refractivity contribution in [3.8, 4) is 11.6 Å². The van der Waals surface area contributed by atoms with Gasteiger partial charge in [-0.2, -0.15) is 0 Å². The predicted octanol–water partition coefficient (Wildman–Crippen LogP) is 3.47. The number of aromatic hydroxyl groups is 1. The van der Waals surface area contributed by atoms with Crippen LogP contribution in [-0.4, -0.2) is 17.2 Å². The third kappa shape index (κ3) is 2.15. The van der Waals surface area contributed by atoms with Gasteiger partial charge in [0, 0.05) is 22.9 Å². The molecule has 0 saturated heterocycles. The Morgan fingerprint density at radius 3 is 2.53 bits per heavy atom. The minimum absolute atomic E-state index is 0.247. The van der Waals surface area contributed by atoms with Gasteiger partial charge in [0.15, 0.2) is 5.88 Å². The summed E-state index contributed by atoms with van der Waals surface area (Å²) in [4.78, 5) is 3.00. The van der Waals surface area contributed by atoms with Crippen molar-refractivity contribution >= 4 is 10.9 Å². The number of ether oxygens (including phenoxy) is 1. The Hall–Kier alpha value is -2.42. The number of rotatable bonds is 3. The van der Waals surface area contributed by atoms with Gasteiger partial charge in [-0.1, -0.05) is 30.3 Å². The van der Waals surface area contributed by atoms with Crippen LogP contribution in [0.15, 0.2) is 48.5 Å². The molecule has 0 unspecified atom stereocenters. The van der Waals surface area contributed by atoms with Gasteiger partial charge in [-0.15, -0.1) is 0 Å². The summed E-state index contributed by atoms with van der Waals surface area (Å²) in [5.74, 6) is 1.09. The van der Waals surface area contributed by atoms with Gasteiger partial charge in [0.05, 0.1) is 7.11 Å². The van der Waals surface area contributed by atoms with E-state index in [-0.39, 0.29) is 5.88 Å². The van der Waals surface area contributed by atoms with Crippen LogP contribution in [0.3, 0.4) is 0 Å². The highest BCUT2D eigenvalue weighted by atomic mass is 16.5. The molecule has 19 heavy (non-hydrogen) atoms. The highest BCUT2D eigenvalue weighted by molar-refractivity contribution is 5.86. The van der Waals surface area contributed by atoms with E-state index in [9.17, 15) is 5.11 Å². The number of fused-ring (bicyclic) bond motifs is 1. The number of benzene rings is 2. The molecule has 0 amide bonds. The van der Waals surface area contributed by atoms with Gasteiger partial charge in [-0.3, -0.25) is 0 Å². The zero-order valence-corrected chi connectivity index (χ0v) is 10.7. The second-order valence-electron chi connectivity index (χ2n) is 4.52. The van der Waals surface area contributed by atoms with Crippen LogP contribution >= 0.6 is 0 Å². The van der Waals surface area contributed by atoms with E-state index in [0.717, 1.165) is 27.8 Å². The van der Waals surface area contributed by atoms with E-state index < -0.39 is 0 Å². The molecule has 0 aliphatic rings. The van der Waals surface area contributed by atoms with Crippen molar-refractivity contribution in [2.45, 2.75) is 6.42 Å². The Labute approximate surface area is 111 Å². The highest BCUT2D eigenvalue weighted by Crippen LogP contribution is 2.29. The van der Waals surface area contributed by atoms with E-state index in [1.807, 2.05) is 48.5 Å². The summed E-state index contributed by atoms with van der Waals surface area (Å²) in [6.07, 6.45) is 0.694. The lowest BCUT2D eigenvalue weighted by Crippen LogP contribution is -1.88. The molecule has 2 N–H and O–H groups in total. The number of para-hydroxylation sites is 1. The maximum atomic E-state index is 10.0. The van der Waals surface area contributed by atoms with Crippen LogP contribution in [0.4, 0.5) is 0 Å². The fraction of sp³-hybridized carbons (Fsp3) is 0.125. The van der Waals surface area contributed by atoms with Crippen molar-refractivity contribution in [3.05, 3.63) is 59.7 Å². The molecule has 0 radical (unpaired) electrons. The molecule has 0 aliphatic heterocycles. The van der Waals surface area contributed by atoms with E-state index in [2.05, 4.69) is 4.98 Å². The molecule has 2 aromatic carbocycles. The smallest absolute Gasteiger partial charge is 0.192 e. The SMILES string of the molecule is COc1ccc(Cc2c(O)[nH]c3ccccc23)cc1. The van der Waals surface area contributed by atoms with Crippen molar-refractivity contribution in [3.63, 3.8) is 0 Å². The summed E-state index contributed by atoms with van der Waals surface area (Å²) < 4.78 is 5.14. The zero-order chi connectivity index (χ0) is 13.2. The van der Waals surface area contributed by atoms with Crippen LogP contribution in [0.25, 0.3) is 10.9 Å². The molecule has 0 fully saturated rings. The third-order valence-electron chi connectivity index (χ3n) is 3.33. The molecule has 96 valence electrons. The maximum absolute atomic E-state index is 10.0. The van der Waals surface area contributed by atoms with Crippen molar-refractivity contribution in [2.75, 3.05) is 7.11 Å². The number of aromatic amines is 1. The van der Waals surface area contributed by atoms with Gasteiger partial charge >= 0.3 is 0 Å². The third-order valence-corrected chi connectivity index (χ3v) is 3.33. The maximum Gasteiger partial charge on any atom is 0.192 e. The molecule has 0 atom stereocenters. The molecule has 0 aliphatic carbocycles. The lowest BCUT2D eigenvalue weighted by Gasteiger charge is -2.03. The van der Waals surface area contributed by atoms with E-state index in [1.165, 1.54) is 0 Å². The minimum atomic E-state index is 0.247. The quantitative estimate of drug-likeness (QED) is 0.750. The van der Waals surface area contributed by atoms with Gasteiger partial charge in [0.1, 0.15) is 5.75 Å². The number of hydrogen-bond donors (Lipinski definition) is 2. The fourth-order valence-electron chi connectivity index (χ4n) is 2.31. The molecule has 3 aromatic rings. The average Bonchev–Trinajstić information content (AvgIpc) is 2.76. The van der Waals surface area contributed by atoms with Crippen molar-refractivity contribution in [1.29, 1.82) is 0 Å². The molecule has 0 saturated carbocycles. The lowest BCUT2D eigenvalue weighted by molar-refractivity contribution is 0.414. The number of H-pyrrole nitrogens is 1. The van der Waals surface area contributed by atoms with Gasteiger partial charge in [-0.25, -0.2) is 0 Å². The lowest BCUT2D eigenvalue weighted by atomic mass is 10.0. The molecule has 1 heterocycles. The second kappa shape index (κ2) is 4.69. The molecule has 3 heteroatoms. The molecule has 3 rings (SSSR count). The Morgan fingerprint density at radius 2 is 1.79 bits per heavy atom. The van der Waals surface area contributed by atoms with Gasteiger partial charge < -0.3 is 14.8 Å². The molecular formula is C16H15NO2. The summed E-state index contributed by atoms with van der Waals surface area (Å²) in [5.41, 5.74) is 3.03. The Bertz CT molecular complexity index is 698. The number of aromatic nitrogens is 1. The molecular weight excluding hydrogens is 238 g/mol. The van der Waals surface area contributed by atoms with Gasteiger partial charge in [-0.05, 0) is 23.8 Å². The first kappa shape index (κ1) is 11.7. The monoisotopic (exact) mass is 253 g/mol. The fourth-order valence-corrected chi connectivity index (χ4v) is 2.31. The van der Waals surface area contributed by atoms with E-state index in [1.54, 1.807) is 7.11 Å². The first-order chi connectivity index (χ1) is 9.28.